The van der Waals surface area contributed by atoms with Crippen LogP contribution in [0.25, 0.3) is 10.1 Å². The number of nitrogens with one attached hydrogen (secondary N) is 1. The van der Waals surface area contributed by atoms with Crippen LogP contribution in [0.15, 0.2) is 72.6 Å². The Balaban J connectivity index is 1.17. The summed E-state index contributed by atoms with van der Waals surface area (Å²) in [4.78, 5) is 62.2. The van der Waals surface area contributed by atoms with Crippen molar-refractivity contribution < 1.29 is 24.3 Å². The van der Waals surface area contributed by atoms with Crippen LogP contribution in [0, 0.1) is 0 Å². The number of amides is 2. The van der Waals surface area contributed by atoms with Gasteiger partial charge in [0, 0.05) is 27.3 Å². The number of nitrogens with two attached hydrogens (primary N) is 1. The van der Waals surface area contributed by atoms with E-state index in [4.69, 9.17) is 10.6 Å². The second-order valence-corrected chi connectivity index (χ2v) is 14.2. The van der Waals surface area contributed by atoms with Crippen molar-refractivity contribution in [1.82, 2.24) is 15.2 Å². The highest BCUT2D eigenvalue weighted by atomic mass is 32.2. The summed E-state index contributed by atoms with van der Waals surface area (Å²) in [6.07, 6.45) is 5.29. The number of fused-ring (bicyclic) bond motifs is 2. The molecular weight excluding hydrogens is 631 g/mol. The van der Waals surface area contributed by atoms with Crippen LogP contribution >= 0.6 is 46.2 Å². The molecule has 2 atom stereocenters. The van der Waals surface area contributed by atoms with Gasteiger partial charge < -0.3 is 21.0 Å². The van der Waals surface area contributed by atoms with Crippen LogP contribution in [-0.2, 0) is 19.2 Å². The van der Waals surface area contributed by atoms with Crippen molar-refractivity contribution in [3.05, 3.63) is 74.4 Å². The monoisotopic (exact) mass is 655 g/mol. The van der Waals surface area contributed by atoms with E-state index in [-0.39, 0.29) is 33.8 Å². The van der Waals surface area contributed by atoms with Crippen LogP contribution in [0.1, 0.15) is 31.4 Å². The zero-order valence-electron chi connectivity index (χ0n) is 22.4. The van der Waals surface area contributed by atoms with Crippen LogP contribution in [0.2, 0.25) is 0 Å². The first-order valence-electron chi connectivity index (χ1n) is 13.3. The third-order valence-electron chi connectivity index (χ3n) is 7.13. The molecule has 3 aromatic rings. The topological polar surface area (TPSA) is 164 Å². The molecule has 15 heteroatoms. The van der Waals surface area contributed by atoms with E-state index >= 15 is 0 Å². The van der Waals surface area contributed by atoms with Gasteiger partial charge in [-0.15, -0.1) is 34.4 Å². The number of oxime groups is 1. The van der Waals surface area contributed by atoms with Gasteiger partial charge in [0.15, 0.2) is 16.3 Å². The van der Waals surface area contributed by atoms with Crippen molar-refractivity contribution in [3.63, 3.8) is 0 Å². The predicted molar refractivity (Wildman–Crippen MR) is 169 cm³/mol. The van der Waals surface area contributed by atoms with Crippen LogP contribution in [0.3, 0.4) is 0 Å². The van der Waals surface area contributed by atoms with Crippen molar-refractivity contribution in [2.45, 2.75) is 47.4 Å². The number of carboxylic acids is 1. The fraction of sp³-hybridized carbons (Fsp3) is 0.286. The quantitative estimate of drug-likeness (QED) is 0.133. The summed E-state index contributed by atoms with van der Waals surface area (Å²) in [6.45, 7) is 0. The van der Waals surface area contributed by atoms with Gasteiger partial charge in [-0.1, -0.05) is 29.1 Å². The minimum absolute atomic E-state index is 0.0810. The highest BCUT2D eigenvalue weighted by Gasteiger charge is 2.54. The number of rotatable bonds is 9. The van der Waals surface area contributed by atoms with Crippen LogP contribution in [-0.4, -0.2) is 61.8 Å². The number of carboxylic acid groups (broad SMARTS) is 1. The Morgan fingerprint density at radius 1 is 1.23 bits per heavy atom. The van der Waals surface area contributed by atoms with E-state index in [2.05, 4.69) is 15.5 Å². The number of hydrogen-bond donors (Lipinski definition) is 3. The molecule has 2 aliphatic heterocycles. The molecule has 222 valence electrons. The summed E-state index contributed by atoms with van der Waals surface area (Å²) in [5.41, 5.74) is 6.17. The Hall–Kier alpha value is -3.66. The van der Waals surface area contributed by atoms with Gasteiger partial charge in [-0.05, 0) is 54.9 Å². The number of aliphatic carboxylic acids is 1. The van der Waals surface area contributed by atoms with Gasteiger partial charge in [-0.25, -0.2) is 9.78 Å². The zero-order valence-corrected chi connectivity index (χ0v) is 25.7. The first kappa shape index (κ1) is 29.4. The van der Waals surface area contributed by atoms with Gasteiger partial charge >= 0.3 is 5.97 Å². The fourth-order valence-electron chi connectivity index (χ4n) is 5.03. The first-order chi connectivity index (χ1) is 20.8. The molecule has 6 rings (SSSR count). The Labute approximate surface area is 261 Å². The van der Waals surface area contributed by atoms with Crippen molar-refractivity contribution in [1.29, 1.82) is 0 Å². The van der Waals surface area contributed by atoms with Gasteiger partial charge in [0.05, 0.1) is 4.21 Å². The van der Waals surface area contributed by atoms with Crippen LogP contribution in [0.5, 0.6) is 0 Å². The third-order valence-corrected chi connectivity index (χ3v) is 11.2. The maximum Gasteiger partial charge on any atom is 0.352 e. The lowest BCUT2D eigenvalue weighted by molar-refractivity contribution is -0.150. The molecule has 43 heavy (non-hydrogen) atoms. The number of β-lactam (4-membered cyclic amide) rings is 1. The Kier molecular flexibility index (Phi) is 8.56. The number of nitrogens with zero attached hydrogens (tertiary/aromatic N) is 3. The summed E-state index contributed by atoms with van der Waals surface area (Å²) in [5.74, 6) is -2.13. The number of carbonyl (C=O) groups excluding carboxylic acids is 2. The van der Waals surface area contributed by atoms with Crippen molar-refractivity contribution in [3.8, 4) is 0 Å². The van der Waals surface area contributed by atoms with E-state index in [0.29, 0.717) is 16.7 Å². The average molecular weight is 656 g/mol. The van der Waals surface area contributed by atoms with E-state index < -0.39 is 29.2 Å². The fourth-order valence-corrected chi connectivity index (χ4v) is 8.87. The van der Waals surface area contributed by atoms with E-state index in [9.17, 15) is 24.3 Å². The summed E-state index contributed by atoms with van der Waals surface area (Å²) >= 11 is 5.27. The first-order valence-corrected chi connectivity index (χ1v) is 17.0. The molecule has 0 bridgehead atoms. The average Bonchev–Trinajstić information content (AvgIpc) is 3.67. The Morgan fingerprint density at radius 2 is 2.02 bits per heavy atom. The third kappa shape index (κ3) is 6.07. The number of benzene rings is 1. The Bertz CT molecular complexity index is 1760. The number of thiazole rings is 1. The molecule has 4 heterocycles. The number of aromatic nitrogens is 1. The van der Waals surface area contributed by atoms with Crippen molar-refractivity contribution >= 4 is 84.9 Å². The number of thioether (sulfide) groups is 2. The summed E-state index contributed by atoms with van der Waals surface area (Å²) in [5, 5.41) is 20.4. The molecule has 1 aromatic carbocycles. The lowest BCUT2D eigenvalue weighted by Crippen LogP contribution is -2.71. The van der Waals surface area contributed by atoms with Crippen LogP contribution in [0.4, 0.5) is 5.13 Å². The SMILES string of the molecule is Nc1nc(/C(=N/OC2CCCC2)C(=O)NC2C(=O)N3C(C(=O)O)=C(/C=C/Sc4cc(=O)c5ccccc5s4)CSC23)cs1. The number of carbonyl (C=O) groups is 3. The number of hydrogen-bond acceptors (Lipinski definition) is 12. The van der Waals surface area contributed by atoms with Crippen LogP contribution < -0.4 is 16.5 Å². The smallest absolute Gasteiger partial charge is 0.352 e. The van der Waals surface area contributed by atoms with E-state index in [1.165, 1.54) is 39.8 Å². The predicted octanol–water partition coefficient (Wildman–Crippen LogP) is 4.01. The minimum atomic E-state index is -1.24. The maximum atomic E-state index is 13.3. The van der Waals surface area contributed by atoms with Gasteiger partial charge in [0.2, 0.25) is 0 Å². The summed E-state index contributed by atoms with van der Waals surface area (Å²) in [7, 11) is 0. The largest absolute Gasteiger partial charge is 0.477 e. The van der Waals surface area contributed by atoms with Gasteiger partial charge in [0.25, 0.3) is 11.8 Å². The molecular formula is C28H25N5O6S4. The van der Waals surface area contributed by atoms with Crippen molar-refractivity contribution in [2.75, 3.05) is 11.5 Å². The summed E-state index contributed by atoms with van der Waals surface area (Å²) < 4.78 is 1.63. The number of allylic oxidation sites excluding steroid dienone is 1. The molecule has 1 saturated heterocycles. The van der Waals surface area contributed by atoms with Crippen molar-refractivity contribution in [2.24, 2.45) is 5.16 Å². The molecule has 11 nitrogen and oxygen atoms in total. The van der Waals surface area contributed by atoms with Gasteiger partial charge in [-0.2, -0.15) is 0 Å². The molecule has 2 unspecified atom stereocenters. The molecule has 1 aliphatic carbocycles. The van der Waals surface area contributed by atoms with Gasteiger partial charge in [-0.3, -0.25) is 19.3 Å². The molecule has 2 aromatic heterocycles. The zero-order chi connectivity index (χ0) is 30.1. The second kappa shape index (κ2) is 12.5. The van der Waals surface area contributed by atoms with E-state index in [1.807, 2.05) is 18.2 Å². The molecule has 0 radical (unpaired) electrons. The summed E-state index contributed by atoms with van der Waals surface area (Å²) in [6, 6.07) is 7.96. The lowest BCUT2D eigenvalue weighted by atomic mass is 10.0. The Morgan fingerprint density at radius 3 is 2.77 bits per heavy atom. The second-order valence-electron chi connectivity index (χ2n) is 9.91. The standard InChI is InChI=1S/C28H25N5O6S4/c29-28-30-17(13-42-28)21(32-39-15-5-1-2-6-15)24(35)31-22-25(36)33-23(27(37)38)14(12-41-26(22)33)9-10-40-20-11-18(34)16-7-3-4-8-19(16)43-20/h3-4,7-11,13,15,22,26H,1-2,5-6,12H2,(H2,29,30)(H,31,35)(H,37,38)/b10-9+,32-21-. The van der Waals surface area contributed by atoms with E-state index in [1.54, 1.807) is 29.0 Å². The molecule has 1 saturated carbocycles. The number of anilines is 1. The van der Waals surface area contributed by atoms with Gasteiger partial charge in [0.1, 0.15) is 28.9 Å². The highest BCUT2D eigenvalue weighted by Crippen LogP contribution is 2.41. The highest BCUT2D eigenvalue weighted by molar-refractivity contribution is 8.04. The molecule has 3 aliphatic rings. The number of nitrogen functional groups attached to an aromatic ring is 1. The van der Waals surface area contributed by atoms with E-state index in [0.717, 1.165) is 45.9 Å². The molecule has 4 N–H and O–H groups in total. The molecule has 2 fully saturated rings. The lowest BCUT2D eigenvalue weighted by Gasteiger charge is -2.49. The minimum Gasteiger partial charge on any atom is -0.477 e. The molecule has 2 amide bonds. The maximum absolute atomic E-state index is 13.3. The molecule has 0 spiro atoms. The normalized spacial score (nSPS) is 20.9.